The molecule has 2 aromatic rings. The molecule has 6 heteroatoms. The van der Waals surface area contributed by atoms with E-state index in [0.717, 1.165) is 17.1 Å². The molecular weight excluding hydrogens is 346 g/mol. The SMILES string of the molecule is COc1ccc(C(=O)CCCC(=O)NCCc2ccc3c(c2)OCO3)cc1. The highest BCUT2D eigenvalue weighted by Gasteiger charge is 2.13. The molecule has 0 spiro atoms. The lowest BCUT2D eigenvalue weighted by Gasteiger charge is -2.06. The number of fused-ring (bicyclic) bond motifs is 1. The van der Waals surface area contributed by atoms with Crippen LogP contribution >= 0.6 is 0 Å². The largest absolute Gasteiger partial charge is 0.497 e. The Kier molecular flexibility index (Phi) is 6.30. The number of amides is 1. The van der Waals surface area contributed by atoms with Gasteiger partial charge in [-0.05, 0) is 54.8 Å². The van der Waals surface area contributed by atoms with Crippen LogP contribution in [0.2, 0.25) is 0 Å². The minimum absolute atomic E-state index is 0.0332. The van der Waals surface area contributed by atoms with Crippen LogP contribution in [0.3, 0.4) is 0 Å². The maximum Gasteiger partial charge on any atom is 0.231 e. The van der Waals surface area contributed by atoms with Crippen LogP contribution in [0.25, 0.3) is 0 Å². The van der Waals surface area contributed by atoms with Crippen LogP contribution in [0.5, 0.6) is 17.2 Å². The van der Waals surface area contributed by atoms with E-state index in [0.29, 0.717) is 43.5 Å². The summed E-state index contributed by atoms with van der Waals surface area (Å²) in [5.41, 5.74) is 1.72. The molecule has 0 bridgehead atoms. The maximum absolute atomic E-state index is 12.1. The maximum atomic E-state index is 12.1. The molecule has 1 N–H and O–H groups in total. The molecule has 6 nitrogen and oxygen atoms in total. The number of hydrogen-bond acceptors (Lipinski definition) is 5. The number of ether oxygens (including phenoxy) is 3. The third-order valence-corrected chi connectivity index (χ3v) is 4.39. The standard InChI is InChI=1S/C21H23NO5/c1-25-17-8-6-16(7-9-17)18(23)3-2-4-21(24)22-12-11-15-5-10-19-20(13-15)27-14-26-19/h5-10,13H,2-4,11-12,14H2,1H3,(H,22,24). The van der Waals surface area contributed by atoms with Gasteiger partial charge in [0.1, 0.15) is 5.75 Å². The van der Waals surface area contributed by atoms with Crippen molar-refractivity contribution in [2.45, 2.75) is 25.7 Å². The van der Waals surface area contributed by atoms with Gasteiger partial charge in [-0.15, -0.1) is 0 Å². The van der Waals surface area contributed by atoms with Gasteiger partial charge in [-0.25, -0.2) is 0 Å². The summed E-state index contributed by atoms with van der Waals surface area (Å²) >= 11 is 0. The molecule has 0 saturated carbocycles. The lowest BCUT2D eigenvalue weighted by molar-refractivity contribution is -0.121. The average Bonchev–Trinajstić information content (AvgIpc) is 3.16. The predicted molar refractivity (Wildman–Crippen MR) is 100 cm³/mol. The van der Waals surface area contributed by atoms with Crippen molar-refractivity contribution in [3.8, 4) is 17.2 Å². The normalized spacial score (nSPS) is 11.9. The van der Waals surface area contributed by atoms with Gasteiger partial charge < -0.3 is 19.5 Å². The summed E-state index contributed by atoms with van der Waals surface area (Å²) in [5, 5.41) is 2.89. The van der Waals surface area contributed by atoms with Gasteiger partial charge >= 0.3 is 0 Å². The van der Waals surface area contributed by atoms with Gasteiger partial charge in [0.25, 0.3) is 0 Å². The van der Waals surface area contributed by atoms with Crippen molar-refractivity contribution in [2.24, 2.45) is 0 Å². The van der Waals surface area contributed by atoms with Crippen LogP contribution in [0, 0.1) is 0 Å². The first-order valence-electron chi connectivity index (χ1n) is 8.98. The van der Waals surface area contributed by atoms with Crippen LogP contribution in [-0.2, 0) is 11.2 Å². The molecular formula is C21H23NO5. The number of methoxy groups -OCH3 is 1. The van der Waals surface area contributed by atoms with Gasteiger partial charge in [0, 0.05) is 24.9 Å². The van der Waals surface area contributed by atoms with Crippen molar-refractivity contribution in [1.82, 2.24) is 5.32 Å². The van der Waals surface area contributed by atoms with Gasteiger partial charge in [-0.3, -0.25) is 9.59 Å². The Morgan fingerprint density at radius 1 is 1.04 bits per heavy atom. The number of rotatable bonds is 9. The third-order valence-electron chi connectivity index (χ3n) is 4.39. The molecule has 27 heavy (non-hydrogen) atoms. The van der Waals surface area contributed by atoms with Crippen LogP contribution < -0.4 is 19.5 Å². The fourth-order valence-electron chi connectivity index (χ4n) is 2.86. The van der Waals surface area contributed by atoms with Gasteiger partial charge in [0.2, 0.25) is 12.7 Å². The molecule has 3 rings (SSSR count). The second-order valence-corrected chi connectivity index (χ2v) is 6.29. The highest BCUT2D eigenvalue weighted by Crippen LogP contribution is 2.32. The van der Waals surface area contributed by atoms with E-state index >= 15 is 0 Å². The predicted octanol–water partition coefficient (Wildman–Crippen LogP) is 3.14. The molecule has 1 aliphatic heterocycles. The smallest absolute Gasteiger partial charge is 0.231 e. The summed E-state index contributed by atoms with van der Waals surface area (Å²) in [5.74, 6) is 2.21. The zero-order valence-electron chi connectivity index (χ0n) is 15.3. The number of hydrogen-bond donors (Lipinski definition) is 1. The lowest BCUT2D eigenvalue weighted by atomic mass is 10.1. The molecule has 1 aliphatic rings. The summed E-state index contributed by atoms with van der Waals surface area (Å²) < 4.78 is 15.7. The molecule has 0 atom stereocenters. The Hall–Kier alpha value is -3.02. The van der Waals surface area contributed by atoms with E-state index in [-0.39, 0.29) is 18.5 Å². The number of nitrogens with one attached hydrogen (secondary N) is 1. The quantitative estimate of drug-likeness (QED) is 0.688. The Morgan fingerprint density at radius 3 is 2.59 bits per heavy atom. The zero-order chi connectivity index (χ0) is 19.1. The fraction of sp³-hybridized carbons (Fsp3) is 0.333. The first-order chi connectivity index (χ1) is 13.2. The zero-order valence-corrected chi connectivity index (χ0v) is 15.3. The number of Topliss-reactive ketones (excluding diaryl/α,β-unsaturated/α-hetero) is 1. The summed E-state index contributed by atoms with van der Waals surface area (Å²) in [6.45, 7) is 0.801. The molecule has 0 radical (unpaired) electrons. The summed E-state index contributed by atoms with van der Waals surface area (Å²) in [6.07, 6.45) is 1.93. The Morgan fingerprint density at radius 2 is 1.81 bits per heavy atom. The molecule has 142 valence electrons. The second-order valence-electron chi connectivity index (χ2n) is 6.29. The molecule has 0 saturated heterocycles. The summed E-state index contributed by atoms with van der Waals surface area (Å²) in [6, 6.07) is 12.8. The van der Waals surface area contributed by atoms with Crippen LogP contribution in [0.1, 0.15) is 35.2 Å². The fourth-order valence-corrected chi connectivity index (χ4v) is 2.86. The number of carbonyl (C=O) groups is 2. The first-order valence-corrected chi connectivity index (χ1v) is 8.98. The van der Waals surface area contributed by atoms with E-state index in [2.05, 4.69) is 5.32 Å². The van der Waals surface area contributed by atoms with E-state index in [1.165, 1.54) is 0 Å². The van der Waals surface area contributed by atoms with E-state index < -0.39 is 0 Å². The third kappa shape index (κ3) is 5.23. The van der Waals surface area contributed by atoms with Crippen molar-refractivity contribution in [1.29, 1.82) is 0 Å². The van der Waals surface area contributed by atoms with E-state index in [4.69, 9.17) is 14.2 Å². The van der Waals surface area contributed by atoms with E-state index in [9.17, 15) is 9.59 Å². The van der Waals surface area contributed by atoms with Crippen molar-refractivity contribution in [3.63, 3.8) is 0 Å². The summed E-state index contributed by atoms with van der Waals surface area (Å²) in [4.78, 5) is 24.1. The topological polar surface area (TPSA) is 73.9 Å². The minimum Gasteiger partial charge on any atom is -0.497 e. The van der Waals surface area contributed by atoms with Crippen molar-refractivity contribution in [3.05, 3.63) is 53.6 Å². The molecule has 0 unspecified atom stereocenters. The van der Waals surface area contributed by atoms with Crippen molar-refractivity contribution >= 4 is 11.7 Å². The van der Waals surface area contributed by atoms with Crippen molar-refractivity contribution in [2.75, 3.05) is 20.4 Å². The Bertz CT molecular complexity index is 801. The highest BCUT2D eigenvalue weighted by molar-refractivity contribution is 5.96. The molecule has 0 fully saturated rings. The van der Waals surface area contributed by atoms with E-state index in [1.54, 1.807) is 31.4 Å². The molecule has 1 heterocycles. The number of benzene rings is 2. The monoisotopic (exact) mass is 369 g/mol. The van der Waals surface area contributed by atoms with Crippen molar-refractivity contribution < 1.29 is 23.8 Å². The average molecular weight is 369 g/mol. The molecule has 1 amide bonds. The van der Waals surface area contributed by atoms with E-state index in [1.807, 2.05) is 18.2 Å². The first kappa shape index (κ1) is 18.8. The summed E-state index contributed by atoms with van der Waals surface area (Å²) in [7, 11) is 1.59. The van der Waals surface area contributed by atoms with Crippen LogP contribution in [0.4, 0.5) is 0 Å². The van der Waals surface area contributed by atoms with Crippen LogP contribution in [-0.4, -0.2) is 32.1 Å². The molecule has 2 aromatic carbocycles. The lowest BCUT2D eigenvalue weighted by Crippen LogP contribution is -2.25. The molecule has 0 aliphatic carbocycles. The number of carbonyl (C=O) groups excluding carboxylic acids is 2. The van der Waals surface area contributed by atoms with Crippen LogP contribution in [0.15, 0.2) is 42.5 Å². The minimum atomic E-state index is -0.0433. The molecule has 0 aromatic heterocycles. The Labute approximate surface area is 158 Å². The van der Waals surface area contributed by atoms with Gasteiger partial charge in [0.15, 0.2) is 17.3 Å². The second kappa shape index (κ2) is 9.07. The van der Waals surface area contributed by atoms with Gasteiger partial charge in [-0.1, -0.05) is 6.07 Å². The number of ketones is 1. The van der Waals surface area contributed by atoms with Gasteiger partial charge in [0.05, 0.1) is 7.11 Å². The van der Waals surface area contributed by atoms with Gasteiger partial charge in [-0.2, -0.15) is 0 Å². The highest BCUT2D eigenvalue weighted by atomic mass is 16.7. The Balaban J connectivity index is 1.34.